The maximum Gasteiger partial charge on any atom is 0.256 e. The molecule has 1 amide bonds. The average Bonchev–Trinajstić information content (AvgIpc) is 2.72. The minimum atomic E-state index is -0.199. The number of amides is 1. The molecule has 114 valence electrons. The van der Waals surface area contributed by atoms with Gasteiger partial charge in [-0.2, -0.15) is 0 Å². The molecule has 0 spiro atoms. The molecule has 1 unspecified atom stereocenters. The molecule has 2 atom stereocenters. The third-order valence-corrected chi connectivity index (χ3v) is 4.42. The highest BCUT2D eigenvalue weighted by molar-refractivity contribution is 5.96. The van der Waals surface area contributed by atoms with Gasteiger partial charge in [0.1, 0.15) is 6.23 Å². The van der Waals surface area contributed by atoms with Gasteiger partial charge in [0.25, 0.3) is 5.91 Å². The predicted molar refractivity (Wildman–Crippen MR) is 86.6 cm³/mol. The number of fused-ring (bicyclic) bond motifs is 1. The quantitative estimate of drug-likeness (QED) is 0.861. The summed E-state index contributed by atoms with van der Waals surface area (Å²) in [6.07, 6.45) is 1.48. The Morgan fingerprint density at radius 3 is 2.50 bits per heavy atom. The van der Waals surface area contributed by atoms with Crippen molar-refractivity contribution in [1.82, 2.24) is 4.90 Å². The highest BCUT2D eigenvalue weighted by atomic mass is 16.5. The molecule has 3 rings (SSSR count). The van der Waals surface area contributed by atoms with E-state index in [9.17, 15) is 4.79 Å². The van der Waals surface area contributed by atoms with Crippen LogP contribution in [0.4, 0.5) is 0 Å². The fourth-order valence-electron chi connectivity index (χ4n) is 3.18. The van der Waals surface area contributed by atoms with Gasteiger partial charge in [-0.05, 0) is 37.0 Å². The summed E-state index contributed by atoms with van der Waals surface area (Å²) < 4.78 is 5.63. The Bertz CT molecular complexity index is 653. The topological polar surface area (TPSA) is 29.5 Å². The molecule has 3 nitrogen and oxygen atoms in total. The monoisotopic (exact) mass is 295 g/mol. The van der Waals surface area contributed by atoms with Crippen molar-refractivity contribution < 1.29 is 9.53 Å². The number of hydrogen-bond donors (Lipinski definition) is 0. The second-order valence-corrected chi connectivity index (χ2v) is 5.69. The normalized spacial score (nSPS) is 19.5. The smallest absolute Gasteiger partial charge is 0.256 e. The van der Waals surface area contributed by atoms with Gasteiger partial charge in [0.15, 0.2) is 0 Å². The molecule has 0 bridgehead atoms. The number of nitrogens with zero attached hydrogens (tertiary/aromatic N) is 1. The molecule has 0 N–H and O–H groups in total. The summed E-state index contributed by atoms with van der Waals surface area (Å²) in [7, 11) is 1.68. The van der Waals surface area contributed by atoms with Crippen LogP contribution < -0.4 is 0 Å². The van der Waals surface area contributed by atoms with E-state index in [2.05, 4.69) is 19.1 Å². The van der Waals surface area contributed by atoms with Gasteiger partial charge < -0.3 is 9.64 Å². The van der Waals surface area contributed by atoms with Crippen LogP contribution in [-0.2, 0) is 11.2 Å². The molecule has 0 fully saturated rings. The van der Waals surface area contributed by atoms with E-state index in [1.165, 1.54) is 0 Å². The zero-order valence-electron chi connectivity index (χ0n) is 13.0. The van der Waals surface area contributed by atoms with Gasteiger partial charge >= 0.3 is 0 Å². The maximum absolute atomic E-state index is 13.1. The number of hydrogen-bond acceptors (Lipinski definition) is 2. The Morgan fingerprint density at radius 2 is 1.77 bits per heavy atom. The molecule has 0 saturated heterocycles. The van der Waals surface area contributed by atoms with Crippen molar-refractivity contribution in [3.8, 4) is 0 Å². The molecule has 0 saturated carbocycles. The molecular weight excluding hydrogens is 274 g/mol. The fraction of sp³-hybridized carbons (Fsp3) is 0.316. The maximum atomic E-state index is 13.1. The van der Waals surface area contributed by atoms with E-state index in [-0.39, 0.29) is 18.2 Å². The molecule has 0 aromatic heterocycles. The molecule has 2 aromatic rings. The van der Waals surface area contributed by atoms with Crippen molar-refractivity contribution in [2.75, 3.05) is 7.11 Å². The van der Waals surface area contributed by atoms with Crippen LogP contribution in [0, 0.1) is 0 Å². The van der Waals surface area contributed by atoms with Gasteiger partial charge in [0.2, 0.25) is 0 Å². The van der Waals surface area contributed by atoms with E-state index in [0.717, 1.165) is 29.5 Å². The van der Waals surface area contributed by atoms with Crippen LogP contribution >= 0.6 is 0 Å². The van der Waals surface area contributed by atoms with Crippen LogP contribution in [0.2, 0.25) is 0 Å². The molecule has 1 aliphatic rings. The lowest BCUT2D eigenvalue weighted by atomic mass is 10.0. The standard InChI is InChI=1S/C19H21NO2/c1-14(15-8-4-3-5-9-15)20-18(22-2)13-12-16-10-6-7-11-17(16)19(20)21/h3-11,14,18H,12-13H2,1-2H3/t14-,18?/m1/s1. The average molecular weight is 295 g/mol. The Labute approximate surface area is 131 Å². The van der Waals surface area contributed by atoms with Crippen molar-refractivity contribution in [2.45, 2.75) is 32.0 Å². The summed E-state index contributed by atoms with van der Waals surface area (Å²) in [5, 5.41) is 0. The largest absolute Gasteiger partial charge is 0.361 e. The first kappa shape index (κ1) is 14.8. The second-order valence-electron chi connectivity index (χ2n) is 5.69. The fourth-order valence-corrected chi connectivity index (χ4v) is 3.18. The summed E-state index contributed by atoms with van der Waals surface area (Å²) >= 11 is 0. The van der Waals surface area contributed by atoms with Gasteiger partial charge in [-0.1, -0.05) is 48.5 Å². The predicted octanol–water partition coefficient (Wildman–Crippen LogP) is 3.81. The lowest BCUT2D eigenvalue weighted by molar-refractivity contribution is -0.0387. The number of methoxy groups -OCH3 is 1. The van der Waals surface area contributed by atoms with E-state index in [1.807, 2.05) is 47.4 Å². The first-order valence-electron chi connectivity index (χ1n) is 7.70. The number of rotatable bonds is 3. The molecule has 1 aliphatic heterocycles. The van der Waals surface area contributed by atoms with Gasteiger partial charge in [-0.15, -0.1) is 0 Å². The zero-order valence-corrected chi connectivity index (χ0v) is 13.0. The van der Waals surface area contributed by atoms with Gasteiger partial charge in [-0.3, -0.25) is 4.79 Å². The Kier molecular flexibility index (Phi) is 4.25. The third kappa shape index (κ3) is 2.64. The number of carbonyl (C=O) groups excluding carboxylic acids is 1. The van der Waals surface area contributed by atoms with E-state index in [0.29, 0.717) is 0 Å². The number of ether oxygens (including phenoxy) is 1. The minimum absolute atomic E-state index is 0.0233. The van der Waals surface area contributed by atoms with Crippen LogP contribution in [-0.4, -0.2) is 24.1 Å². The van der Waals surface area contributed by atoms with E-state index >= 15 is 0 Å². The lowest BCUT2D eigenvalue weighted by Crippen LogP contribution is -2.42. The van der Waals surface area contributed by atoms with E-state index in [1.54, 1.807) is 7.11 Å². The highest BCUT2D eigenvalue weighted by Gasteiger charge is 2.33. The summed E-state index contributed by atoms with van der Waals surface area (Å²) in [6.45, 7) is 2.06. The van der Waals surface area contributed by atoms with Crippen LogP contribution in [0.25, 0.3) is 0 Å². The first-order valence-corrected chi connectivity index (χ1v) is 7.70. The van der Waals surface area contributed by atoms with Crippen molar-refractivity contribution in [2.24, 2.45) is 0 Å². The van der Waals surface area contributed by atoms with Gasteiger partial charge in [0, 0.05) is 12.7 Å². The van der Waals surface area contributed by atoms with Crippen molar-refractivity contribution in [1.29, 1.82) is 0 Å². The van der Waals surface area contributed by atoms with Crippen LogP contribution in [0.1, 0.15) is 40.9 Å². The highest BCUT2D eigenvalue weighted by Crippen LogP contribution is 2.30. The lowest BCUT2D eigenvalue weighted by Gasteiger charge is -2.34. The van der Waals surface area contributed by atoms with Crippen LogP contribution in [0.3, 0.4) is 0 Å². The number of benzene rings is 2. The summed E-state index contributed by atoms with van der Waals surface area (Å²) in [5.41, 5.74) is 3.03. The zero-order chi connectivity index (χ0) is 15.5. The summed E-state index contributed by atoms with van der Waals surface area (Å²) in [4.78, 5) is 14.9. The number of aryl methyl sites for hydroxylation is 1. The molecule has 22 heavy (non-hydrogen) atoms. The van der Waals surface area contributed by atoms with Crippen molar-refractivity contribution in [3.63, 3.8) is 0 Å². The number of carbonyl (C=O) groups is 1. The van der Waals surface area contributed by atoms with Gasteiger partial charge in [-0.25, -0.2) is 0 Å². The third-order valence-electron chi connectivity index (χ3n) is 4.42. The first-order chi connectivity index (χ1) is 10.7. The van der Waals surface area contributed by atoms with Gasteiger partial charge in [0.05, 0.1) is 6.04 Å². The Hall–Kier alpha value is -2.13. The van der Waals surface area contributed by atoms with Crippen LogP contribution in [0.5, 0.6) is 0 Å². The second kappa shape index (κ2) is 6.32. The Balaban J connectivity index is 2.01. The SMILES string of the molecule is COC1CCc2ccccc2C(=O)N1[C@H](C)c1ccccc1. The summed E-state index contributed by atoms with van der Waals surface area (Å²) in [5.74, 6) is 0.0521. The van der Waals surface area contributed by atoms with Crippen LogP contribution in [0.15, 0.2) is 54.6 Å². The molecule has 2 aromatic carbocycles. The molecule has 1 heterocycles. The summed E-state index contributed by atoms with van der Waals surface area (Å²) in [6, 6.07) is 18.0. The molecular formula is C19H21NO2. The molecule has 0 aliphatic carbocycles. The van der Waals surface area contributed by atoms with Crippen molar-refractivity contribution in [3.05, 3.63) is 71.3 Å². The van der Waals surface area contributed by atoms with E-state index < -0.39 is 0 Å². The minimum Gasteiger partial charge on any atom is -0.361 e. The Morgan fingerprint density at radius 1 is 1.09 bits per heavy atom. The van der Waals surface area contributed by atoms with Crippen molar-refractivity contribution >= 4 is 5.91 Å². The molecule has 3 heteroatoms. The van der Waals surface area contributed by atoms with E-state index in [4.69, 9.17) is 4.74 Å². The molecule has 0 radical (unpaired) electrons.